The van der Waals surface area contributed by atoms with Crippen LogP contribution < -0.4 is 39.6 Å². The van der Waals surface area contributed by atoms with E-state index >= 15 is 0 Å². The van der Waals surface area contributed by atoms with Crippen LogP contribution in [0.3, 0.4) is 0 Å². The molecule has 46 heavy (non-hydrogen) atoms. The predicted molar refractivity (Wildman–Crippen MR) is 178 cm³/mol. The molecular formula is C34H16N8S4. The zero-order chi connectivity index (χ0) is 32.5. The van der Waals surface area contributed by atoms with E-state index in [2.05, 4.69) is 0 Å². The zero-order valence-corrected chi connectivity index (χ0v) is 26.6. The molecular weight excluding hydrogens is 649 g/mol. The Morgan fingerprint density at radius 3 is 1.26 bits per heavy atom. The summed E-state index contributed by atoms with van der Waals surface area (Å²) in [5.41, 5.74) is 1.15. The Kier molecular flexibility index (Phi) is 8.04. The Labute approximate surface area is 275 Å². The summed E-state index contributed by atoms with van der Waals surface area (Å²) >= 11 is 5.54. The van der Waals surface area contributed by atoms with Crippen molar-refractivity contribution in [3.63, 3.8) is 0 Å². The predicted octanol–water partition coefficient (Wildman–Crippen LogP) is 2.84. The number of nitrogens with one attached hydrogen (secondary N) is 4. The molecule has 0 amide bonds. The molecule has 0 aliphatic heterocycles. The van der Waals surface area contributed by atoms with Crippen LogP contribution in [0.4, 0.5) is 0 Å². The number of nitrogens with zero attached hydrogens (tertiary/aromatic N) is 4. The van der Waals surface area contributed by atoms with E-state index in [0.29, 0.717) is 30.6 Å². The van der Waals surface area contributed by atoms with Gasteiger partial charge in [-0.25, -0.2) is 0 Å². The molecule has 216 valence electrons. The van der Waals surface area contributed by atoms with E-state index in [9.17, 15) is 0 Å². The van der Waals surface area contributed by atoms with Crippen molar-refractivity contribution >= 4 is 68.6 Å². The Balaban J connectivity index is 1.41. The number of hydrogen-bond acceptors (Lipinski definition) is 12. The minimum Gasteiger partial charge on any atom is -0.298 e. The maximum Gasteiger partial charge on any atom is 0.146 e. The first-order chi connectivity index (χ1) is 22.2. The fraction of sp³-hybridized carbons (Fsp3) is 0. The Hall–Kier alpha value is -5.86. The highest BCUT2D eigenvalue weighted by Crippen LogP contribution is 2.28. The van der Waals surface area contributed by atoms with Gasteiger partial charge in [-0.3, -0.25) is 21.6 Å². The number of thiophene rings is 4. The molecule has 0 aromatic carbocycles. The summed E-state index contributed by atoms with van der Waals surface area (Å²) in [6.07, 6.45) is 3.87. The summed E-state index contributed by atoms with van der Waals surface area (Å²) in [6.45, 7) is 0. The van der Waals surface area contributed by atoms with Crippen LogP contribution in [-0.4, -0.2) is 0 Å². The summed E-state index contributed by atoms with van der Waals surface area (Å²) in [4.78, 5) is 3.30. The third kappa shape index (κ3) is 5.46. The molecule has 0 saturated heterocycles. The van der Waals surface area contributed by atoms with Gasteiger partial charge in [-0.05, 0) is 72.8 Å². The van der Waals surface area contributed by atoms with Gasteiger partial charge in [-0.2, -0.15) is 21.0 Å². The number of hydrogen-bond donors (Lipinski definition) is 4. The van der Waals surface area contributed by atoms with Crippen molar-refractivity contribution in [2.24, 2.45) is 0 Å². The molecule has 0 unspecified atom stereocenters. The molecule has 0 atom stereocenters. The summed E-state index contributed by atoms with van der Waals surface area (Å²) in [5, 5.41) is 72.8. The lowest BCUT2D eigenvalue weighted by Gasteiger charge is -2.04. The van der Waals surface area contributed by atoms with Crippen molar-refractivity contribution in [1.82, 2.24) is 0 Å². The van der Waals surface area contributed by atoms with E-state index in [1.807, 2.05) is 72.8 Å². The molecule has 0 spiro atoms. The minimum absolute atomic E-state index is 0.0170. The molecule has 2 aliphatic rings. The molecule has 4 N–H and O–H groups in total. The van der Waals surface area contributed by atoms with Crippen molar-refractivity contribution in [2.75, 3.05) is 0 Å². The van der Waals surface area contributed by atoms with Crippen LogP contribution in [0.25, 0.3) is 44.2 Å². The van der Waals surface area contributed by atoms with Crippen LogP contribution in [0.15, 0.2) is 60.7 Å². The fourth-order valence-corrected chi connectivity index (χ4v) is 8.69. The summed E-state index contributed by atoms with van der Waals surface area (Å²) in [5.74, 6) is 0. The highest BCUT2D eigenvalue weighted by atomic mass is 32.1. The lowest BCUT2D eigenvalue weighted by atomic mass is 10.0. The molecule has 0 fully saturated rings. The van der Waals surface area contributed by atoms with Crippen molar-refractivity contribution in [1.29, 1.82) is 42.7 Å². The first-order valence-corrected chi connectivity index (χ1v) is 16.5. The average Bonchev–Trinajstić information content (AvgIpc) is 3.88. The van der Waals surface area contributed by atoms with Gasteiger partial charge in [0.2, 0.25) is 0 Å². The summed E-state index contributed by atoms with van der Waals surface area (Å²) in [7, 11) is 0. The van der Waals surface area contributed by atoms with E-state index in [1.54, 1.807) is 24.3 Å². The van der Waals surface area contributed by atoms with Gasteiger partial charge in [-0.1, -0.05) is 0 Å². The van der Waals surface area contributed by atoms with Crippen molar-refractivity contribution in [3.8, 4) is 45.2 Å². The van der Waals surface area contributed by atoms with Crippen LogP contribution in [0.2, 0.25) is 0 Å². The summed E-state index contributed by atoms with van der Waals surface area (Å²) in [6, 6.07) is 25.8. The highest BCUT2D eigenvalue weighted by Gasteiger charge is 2.12. The second-order valence-electron chi connectivity index (χ2n) is 9.74. The Morgan fingerprint density at radius 1 is 0.500 bits per heavy atom. The second-order valence-corrected chi connectivity index (χ2v) is 14.2. The van der Waals surface area contributed by atoms with Gasteiger partial charge in [0.1, 0.15) is 35.4 Å². The SMILES string of the molecule is N#CC(C#N)=c1cc/c(=C/c2ccc(-c3cc4c(=N)c(=N)c(-c5ccc(/C=c6/ccc(=C(C#N)C#N)s6)s5)cc=4c(=N)c3=N)s2)s1. The molecule has 6 rings (SSSR count). The molecule has 0 saturated carbocycles. The lowest BCUT2D eigenvalue weighted by Crippen LogP contribution is -2.33. The van der Waals surface area contributed by atoms with Crippen molar-refractivity contribution < 1.29 is 0 Å². The first-order valence-electron chi connectivity index (χ1n) is 13.2. The molecule has 12 heteroatoms. The van der Waals surface area contributed by atoms with Crippen LogP contribution in [0.1, 0.15) is 9.75 Å². The quantitative estimate of drug-likeness (QED) is 0.226. The normalized spacial score (nSPS) is 11.6. The minimum atomic E-state index is -0.0170. The van der Waals surface area contributed by atoms with Crippen LogP contribution >= 0.6 is 45.3 Å². The molecule has 4 heterocycles. The third-order valence-electron chi connectivity index (χ3n) is 6.99. The largest absolute Gasteiger partial charge is 0.298 e. The van der Waals surface area contributed by atoms with Crippen molar-refractivity contribution in [3.05, 3.63) is 120 Å². The van der Waals surface area contributed by atoms with E-state index in [4.69, 9.17) is 42.7 Å². The topological polar surface area (TPSA) is 191 Å². The number of rotatable bonds is 4. The monoisotopic (exact) mass is 664 g/mol. The molecule has 0 bridgehead atoms. The van der Waals surface area contributed by atoms with E-state index in [1.165, 1.54) is 45.3 Å². The maximum atomic E-state index is 9.13. The highest BCUT2D eigenvalue weighted by molar-refractivity contribution is 7.17. The molecule has 4 aromatic heterocycles. The van der Waals surface area contributed by atoms with Gasteiger partial charge in [0.25, 0.3) is 0 Å². The molecule has 0 radical (unpaired) electrons. The van der Waals surface area contributed by atoms with E-state index < -0.39 is 0 Å². The molecule has 2 aliphatic carbocycles. The first kappa shape index (κ1) is 30.2. The number of nitriles is 4. The van der Waals surface area contributed by atoms with Gasteiger partial charge in [0.15, 0.2) is 0 Å². The van der Waals surface area contributed by atoms with Crippen LogP contribution in [0.5, 0.6) is 0 Å². The summed E-state index contributed by atoms with van der Waals surface area (Å²) < 4.78 is 2.94. The maximum absolute atomic E-state index is 9.13. The van der Waals surface area contributed by atoms with Crippen molar-refractivity contribution in [2.45, 2.75) is 0 Å². The Morgan fingerprint density at radius 2 is 0.891 bits per heavy atom. The average molecular weight is 665 g/mol. The van der Waals surface area contributed by atoms with Gasteiger partial charge in [0, 0.05) is 50.1 Å². The third-order valence-corrected chi connectivity index (χ3v) is 11.2. The van der Waals surface area contributed by atoms with Gasteiger partial charge in [0.05, 0.1) is 30.5 Å². The lowest BCUT2D eigenvalue weighted by molar-refractivity contribution is 1.06. The molecule has 8 nitrogen and oxygen atoms in total. The van der Waals surface area contributed by atoms with E-state index in [0.717, 1.165) is 28.6 Å². The zero-order valence-electron chi connectivity index (χ0n) is 23.4. The van der Waals surface area contributed by atoms with Gasteiger partial charge < -0.3 is 0 Å². The van der Waals surface area contributed by atoms with E-state index in [-0.39, 0.29) is 32.6 Å². The van der Waals surface area contributed by atoms with Crippen LogP contribution in [-0.2, 0) is 0 Å². The Bertz CT molecular complexity index is 2720. The second kappa shape index (κ2) is 12.3. The van der Waals surface area contributed by atoms with Gasteiger partial charge in [-0.15, -0.1) is 45.3 Å². The fourth-order valence-electron chi connectivity index (χ4n) is 4.76. The van der Waals surface area contributed by atoms with Crippen LogP contribution in [0, 0.1) is 77.4 Å². The van der Waals surface area contributed by atoms with Gasteiger partial charge >= 0.3 is 0 Å². The standard InChI is InChI=1S/C34H16N8S4/c35-13-17(14-36)27-5-1-19(43-27)9-21-3-7-29(45-21)25-11-23-24(31(39)33(25)41)12-26(34(42)32(23)40)30-8-4-22(46-30)10-20-2-6-28(44-20)18(15-37)16-38/h1-12,39-42H/b19-9-,20-10-,39-31?,40-32?,41-33?,42-34?. The smallest absolute Gasteiger partial charge is 0.146 e. The molecule has 4 aromatic rings.